The predicted octanol–water partition coefficient (Wildman–Crippen LogP) is 2.75. The van der Waals surface area contributed by atoms with E-state index in [2.05, 4.69) is 5.16 Å². The highest BCUT2D eigenvalue weighted by molar-refractivity contribution is 6.31. The second-order valence-corrected chi connectivity index (χ2v) is 7.94. The summed E-state index contributed by atoms with van der Waals surface area (Å²) in [5, 5.41) is 4.52. The zero-order valence-electron chi connectivity index (χ0n) is 17.2. The summed E-state index contributed by atoms with van der Waals surface area (Å²) in [5.41, 5.74) is 5.52. The minimum absolute atomic E-state index is 0.0562. The molecule has 162 valence electrons. The first kappa shape index (κ1) is 22.1. The van der Waals surface area contributed by atoms with Crippen LogP contribution in [0, 0.1) is 6.92 Å². The molecule has 0 saturated carbocycles. The fourth-order valence-corrected chi connectivity index (χ4v) is 3.56. The highest BCUT2D eigenvalue weighted by atomic mass is 35.5. The van der Waals surface area contributed by atoms with Gasteiger partial charge >= 0.3 is 0 Å². The van der Waals surface area contributed by atoms with E-state index in [0.717, 1.165) is 12.0 Å². The van der Waals surface area contributed by atoms with Gasteiger partial charge in [-0.3, -0.25) is 9.59 Å². The van der Waals surface area contributed by atoms with Crippen LogP contribution in [0.25, 0.3) is 0 Å². The van der Waals surface area contributed by atoms with E-state index in [1.165, 1.54) is 0 Å². The van der Waals surface area contributed by atoms with Crippen LogP contribution in [0.2, 0.25) is 5.02 Å². The van der Waals surface area contributed by atoms with Gasteiger partial charge in [0.25, 0.3) is 5.91 Å². The Balaban J connectivity index is 1.74. The van der Waals surface area contributed by atoms with Crippen molar-refractivity contribution in [3.05, 3.63) is 46.3 Å². The molecule has 30 heavy (non-hydrogen) atoms. The number of rotatable bonds is 8. The number of nitrogens with zero attached hydrogens (tertiary/aromatic N) is 2. The average molecular weight is 436 g/mol. The number of aromatic nitrogens is 1. The van der Waals surface area contributed by atoms with Crippen molar-refractivity contribution in [2.24, 2.45) is 5.73 Å². The molecule has 1 fully saturated rings. The first-order chi connectivity index (χ1) is 14.3. The molecule has 1 unspecified atom stereocenters. The summed E-state index contributed by atoms with van der Waals surface area (Å²) in [4.78, 5) is 26.3. The van der Waals surface area contributed by atoms with Crippen LogP contribution in [-0.4, -0.2) is 53.8 Å². The molecule has 1 saturated heterocycles. The van der Waals surface area contributed by atoms with E-state index in [9.17, 15) is 9.59 Å². The van der Waals surface area contributed by atoms with Crippen LogP contribution >= 0.6 is 11.6 Å². The highest BCUT2D eigenvalue weighted by Gasteiger charge is 2.41. The fraction of sp³-hybridized carbons (Fsp3) is 0.476. The largest absolute Gasteiger partial charge is 0.490 e. The summed E-state index contributed by atoms with van der Waals surface area (Å²) in [6.45, 7) is 4.72. The average Bonchev–Trinajstić information content (AvgIpc) is 3.17. The molecule has 0 radical (unpaired) electrons. The standard InChI is InChI=1S/C21H26ClN3O5/c1-3-4-16-10-18(24-30-16)20(27)25-7-8-29-21(12-25,11-19(23)26)13-28-15-5-6-17(22)14(2)9-15/h5-6,9-10H,3-4,7-8,11-13H2,1-2H3,(H2,23,26). The van der Waals surface area contributed by atoms with Crippen LogP contribution < -0.4 is 10.5 Å². The van der Waals surface area contributed by atoms with Gasteiger partial charge in [0.15, 0.2) is 5.69 Å². The summed E-state index contributed by atoms with van der Waals surface area (Å²) in [5.74, 6) is 0.444. The number of morpholine rings is 1. The van der Waals surface area contributed by atoms with Gasteiger partial charge in [-0.2, -0.15) is 0 Å². The van der Waals surface area contributed by atoms with E-state index < -0.39 is 11.5 Å². The maximum Gasteiger partial charge on any atom is 0.276 e. The second-order valence-electron chi connectivity index (χ2n) is 7.53. The van der Waals surface area contributed by atoms with Gasteiger partial charge in [0, 0.05) is 24.1 Å². The normalized spacial score (nSPS) is 19.0. The van der Waals surface area contributed by atoms with E-state index in [-0.39, 0.29) is 37.8 Å². The summed E-state index contributed by atoms with van der Waals surface area (Å²) >= 11 is 6.06. The van der Waals surface area contributed by atoms with Gasteiger partial charge in [-0.1, -0.05) is 23.7 Å². The lowest BCUT2D eigenvalue weighted by Crippen LogP contribution is -2.58. The number of nitrogens with two attached hydrogens (primary N) is 1. The van der Waals surface area contributed by atoms with E-state index in [1.807, 2.05) is 13.8 Å². The summed E-state index contributed by atoms with van der Waals surface area (Å²) in [6, 6.07) is 6.94. The molecule has 1 aliphatic rings. The van der Waals surface area contributed by atoms with E-state index >= 15 is 0 Å². The molecule has 2 aromatic rings. The third kappa shape index (κ3) is 5.31. The van der Waals surface area contributed by atoms with Gasteiger partial charge in [0.1, 0.15) is 23.7 Å². The number of primary amides is 1. The Bertz CT molecular complexity index is 916. The number of amides is 2. The van der Waals surface area contributed by atoms with Crippen molar-refractivity contribution in [3.8, 4) is 5.75 Å². The number of carbonyl (C=O) groups excluding carboxylic acids is 2. The maximum absolute atomic E-state index is 12.9. The van der Waals surface area contributed by atoms with Gasteiger partial charge < -0.3 is 24.6 Å². The van der Waals surface area contributed by atoms with E-state index in [4.69, 9.17) is 31.3 Å². The molecule has 1 aliphatic heterocycles. The van der Waals surface area contributed by atoms with Crippen LogP contribution in [0.4, 0.5) is 0 Å². The first-order valence-corrected chi connectivity index (χ1v) is 10.3. The molecule has 2 amide bonds. The number of carbonyl (C=O) groups is 2. The zero-order valence-corrected chi connectivity index (χ0v) is 17.9. The third-order valence-electron chi connectivity index (χ3n) is 4.94. The lowest BCUT2D eigenvalue weighted by Gasteiger charge is -2.41. The highest BCUT2D eigenvalue weighted by Crippen LogP contribution is 2.27. The van der Waals surface area contributed by atoms with E-state index in [0.29, 0.717) is 29.5 Å². The Morgan fingerprint density at radius 2 is 2.17 bits per heavy atom. The number of ether oxygens (including phenoxy) is 2. The Labute approximate surface area is 180 Å². The van der Waals surface area contributed by atoms with Crippen molar-refractivity contribution < 1.29 is 23.6 Å². The summed E-state index contributed by atoms with van der Waals surface area (Å²) < 4.78 is 17.0. The molecule has 1 atom stereocenters. The molecule has 0 aliphatic carbocycles. The molecule has 0 spiro atoms. The van der Waals surface area contributed by atoms with Gasteiger partial charge in [-0.05, 0) is 37.1 Å². The van der Waals surface area contributed by atoms with Gasteiger partial charge in [0.2, 0.25) is 5.91 Å². The predicted molar refractivity (Wildman–Crippen MR) is 111 cm³/mol. The number of halogens is 1. The molecular weight excluding hydrogens is 410 g/mol. The quantitative estimate of drug-likeness (QED) is 0.683. The molecule has 1 aromatic carbocycles. The zero-order chi connectivity index (χ0) is 21.7. The number of hydrogen-bond acceptors (Lipinski definition) is 6. The molecule has 2 N–H and O–H groups in total. The van der Waals surface area contributed by atoms with Crippen LogP contribution in [0.5, 0.6) is 5.75 Å². The van der Waals surface area contributed by atoms with Crippen molar-refractivity contribution in [2.75, 3.05) is 26.3 Å². The molecule has 9 heteroatoms. The monoisotopic (exact) mass is 435 g/mol. The van der Waals surface area contributed by atoms with Crippen molar-refractivity contribution in [3.63, 3.8) is 0 Å². The number of aryl methyl sites for hydroxylation is 2. The van der Waals surface area contributed by atoms with Gasteiger partial charge in [0.05, 0.1) is 19.6 Å². The smallest absolute Gasteiger partial charge is 0.276 e. The van der Waals surface area contributed by atoms with Crippen LogP contribution in [0.1, 0.15) is 41.6 Å². The van der Waals surface area contributed by atoms with Crippen LogP contribution in [-0.2, 0) is 16.0 Å². The molecule has 8 nitrogen and oxygen atoms in total. The van der Waals surface area contributed by atoms with Crippen molar-refractivity contribution in [1.82, 2.24) is 10.1 Å². The number of hydrogen-bond donors (Lipinski definition) is 1. The van der Waals surface area contributed by atoms with E-state index in [1.54, 1.807) is 29.2 Å². The van der Waals surface area contributed by atoms with Gasteiger partial charge in [-0.15, -0.1) is 0 Å². The molecular formula is C21H26ClN3O5. The Morgan fingerprint density at radius 3 is 2.87 bits per heavy atom. The first-order valence-electron chi connectivity index (χ1n) is 9.88. The topological polar surface area (TPSA) is 108 Å². The van der Waals surface area contributed by atoms with Crippen LogP contribution in [0.3, 0.4) is 0 Å². The SMILES string of the molecule is CCCc1cc(C(=O)N2CCOC(COc3ccc(Cl)c(C)c3)(CC(N)=O)C2)no1. The molecule has 0 bridgehead atoms. The molecule has 3 rings (SSSR count). The number of benzene rings is 1. The van der Waals surface area contributed by atoms with Crippen molar-refractivity contribution in [2.45, 2.75) is 38.7 Å². The molecule has 2 heterocycles. The maximum atomic E-state index is 12.9. The second kappa shape index (κ2) is 9.49. The van der Waals surface area contributed by atoms with Crippen molar-refractivity contribution in [1.29, 1.82) is 0 Å². The Kier molecular flexibility index (Phi) is 6.99. The Morgan fingerprint density at radius 1 is 1.37 bits per heavy atom. The fourth-order valence-electron chi connectivity index (χ4n) is 3.44. The van der Waals surface area contributed by atoms with Gasteiger partial charge in [-0.25, -0.2) is 0 Å². The molecule has 1 aromatic heterocycles. The van der Waals surface area contributed by atoms with Crippen LogP contribution in [0.15, 0.2) is 28.8 Å². The lowest BCUT2D eigenvalue weighted by atomic mass is 9.97. The third-order valence-corrected chi connectivity index (χ3v) is 5.36. The van der Waals surface area contributed by atoms with Crippen molar-refractivity contribution >= 4 is 23.4 Å². The Hall–Kier alpha value is -2.58. The lowest BCUT2D eigenvalue weighted by molar-refractivity contribution is -0.142. The minimum Gasteiger partial charge on any atom is -0.490 e. The minimum atomic E-state index is -1.05. The summed E-state index contributed by atoms with van der Waals surface area (Å²) in [7, 11) is 0. The summed E-state index contributed by atoms with van der Waals surface area (Å²) in [6.07, 6.45) is 1.52.